The summed E-state index contributed by atoms with van der Waals surface area (Å²) >= 11 is 38.1. The van der Waals surface area contributed by atoms with Crippen molar-refractivity contribution in [1.82, 2.24) is 107 Å². The van der Waals surface area contributed by atoms with Gasteiger partial charge in [0.05, 0.1) is 114 Å². The molecule has 11 aromatic rings. The minimum Gasteiger partial charge on any atom is -0.780 e. The number of imidazole rings is 4. The van der Waals surface area contributed by atoms with E-state index in [0.29, 0.717) is 23.1 Å². The molecule has 18 heterocycles. The number of hydrogen-bond acceptors (Lipinski definition) is 58. The molecule has 7 unspecified atom stereocenters. The molecular weight excluding hydrogens is 2240 g/mol. The highest BCUT2D eigenvalue weighted by Gasteiger charge is 2.50. The Morgan fingerprint density at radius 1 is 0.358 bits per heavy atom. The molecule has 148 heavy (non-hydrogen) atoms. The van der Waals surface area contributed by atoms with Crippen LogP contribution in [0.25, 0.3) is 44.7 Å². The van der Waals surface area contributed by atoms with Crippen LogP contribution in [0, 0.1) is 20.8 Å². The number of nitrogens with two attached hydrogens (primary N) is 5. The van der Waals surface area contributed by atoms with Crippen molar-refractivity contribution < 1.29 is 130 Å². The molecule has 7 aliphatic rings. The van der Waals surface area contributed by atoms with Gasteiger partial charge in [0.25, 0.3) is 22.2 Å². The van der Waals surface area contributed by atoms with Gasteiger partial charge >= 0.3 is 17.1 Å². The zero-order chi connectivity index (χ0) is 106. The first-order valence-electron chi connectivity index (χ1n) is 44.2. The van der Waals surface area contributed by atoms with Gasteiger partial charge in [0.1, 0.15) is 150 Å². The van der Waals surface area contributed by atoms with E-state index in [9.17, 15) is 62.6 Å². The summed E-state index contributed by atoms with van der Waals surface area (Å²) in [5.74, 6) is -0.633. The summed E-state index contributed by atoms with van der Waals surface area (Å²) in [6.45, 7) is -32.8. The molecule has 804 valence electrons. The summed E-state index contributed by atoms with van der Waals surface area (Å²) in [6.07, 6.45) is -19.0. The molecule has 7 fully saturated rings. The summed E-state index contributed by atoms with van der Waals surface area (Å²) in [5.41, 5.74) is 24.8. The molecule has 14 N–H and O–H groups in total. The van der Waals surface area contributed by atoms with Gasteiger partial charge in [0, 0.05) is 87.3 Å². The summed E-state index contributed by atoms with van der Waals surface area (Å²) in [4.78, 5) is 234. The number of H-pyrrole nitrogens is 4. The molecule has 0 amide bonds. The van der Waals surface area contributed by atoms with E-state index < -0.39 is 274 Å². The second-order valence-electron chi connectivity index (χ2n) is 34.2. The molecule has 7 aliphatic heterocycles. The topological polar surface area (TPSA) is 838 Å². The zero-order valence-electron chi connectivity index (χ0n) is 76.9. The van der Waals surface area contributed by atoms with E-state index in [4.69, 9.17) is 208 Å². The van der Waals surface area contributed by atoms with Gasteiger partial charge in [-0.25, -0.2) is 54.3 Å². The fraction of sp³-hybridized carbons (Fsp3) is 0.556. The van der Waals surface area contributed by atoms with Crippen LogP contribution in [0.15, 0.2) is 90.1 Å². The van der Waals surface area contributed by atoms with Gasteiger partial charge in [-0.05, 0) is 27.2 Å². The largest absolute Gasteiger partial charge is 0.780 e. The molecule has 18 rings (SSSR count). The van der Waals surface area contributed by atoms with E-state index in [1.807, 2.05) is 0 Å². The number of nitrogens with zero attached hydrogens (tertiary/aromatic N) is 18. The molecule has 0 aliphatic carbocycles. The average Bonchev–Trinajstić information content (AvgIpc) is 1.63. The smallest absolute Gasteiger partial charge is 0.351 e. The SMILES string of the molecule is CC[C@H]1O[C@@H](n2cnc3c(N)ncnc32)C[C@H]1OP([O-])(=S)OC[C@H]1O[C@@H](n2cnc3c(=O)[nH]c(N)nc32)C[C@H]1OP(=O)([S-])OC[C@H]1O[C@@H](n2cc(C)c(=O)[nH]c2=O)C[C@H]1OP([O-])(=S)OC[C@H]1O[C@@H](n2cc(C)c(=O)[nH]c2=O)C[C@H]1OP([O-])(=S)OC[C@H]1O[C@@H](n2cnc3c(=O)[nH]c(N)nc32)C[C@H]1OP([O-])(=S)OC[C@H]1O[C@@H](n2cc(C)c(N)nc2=O)C[C@H]1OP([O-])(=S)OC[C@H]1O[C@@H](n2cnc3c(N)ncnc32)C[C@H]1OP([O-])(=S)OC. The minimum atomic E-state index is -5.09. The van der Waals surface area contributed by atoms with Crippen LogP contribution in [0.4, 0.5) is 29.4 Å². The highest BCUT2D eigenvalue weighted by molar-refractivity contribution is 8.32. The Kier molecular flexibility index (Phi) is 32.8. The number of aromatic nitrogens is 22. The van der Waals surface area contributed by atoms with Crippen molar-refractivity contribution in [1.29, 1.82) is 0 Å². The van der Waals surface area contributed by atoms with Crippen molar-refractivity contribution in [3.05, 3.63) is 146 Å². The molecule has 0 saturated carbocycles. The summed E-state index contributed by atoms with van der Waals surface area (Å²) in [6, 6.07) is 0. The lowest BCUT2D eigenvalue weighted by Gasteiger charge is -2.36. The third-order valence-electron chi connectivity index (χ3n) is 24.4. The molecule has 11 aromatic heterocycles. The molecule has 0 spiro atoms. The van der Waals surface area contributed by atoms with Crippen molar-refractivity contribution >= 4 is 204 Å². The Hall–Kier alpha value is -7.56. The van der Waals surface area contributed by atoms with E-state index in [2.05, 4.69) is 74.8 Å². The highest BCUT2D eigenvalue weighted by Crippen LogP contribution is 2.57. The number of aryl methyl sites for hydroxylation is 3. The zero-order valence-corrected chi connectivity index (χ0v) is 88.9. The van der Waals surface area contributed by atoms with Gasteiger partial charge in [-0.1, -0.05) is 77.8 Å². The summed E-state index contributed by atoms with van der Waals surface area (Å²) < 4.78 is 150. The van der Waals surface area contributed by atoms with Crippen molar-refractivity contribution in [3.63, 3.8) is 0 Å². The first-order valence-corrected chi connectivity index (χ1v) is 62.1. The van der Waals surface area contributed by atoms with Gasteiger partial charge in [0.15, 0.2) is 52.1 Å². The van der Waals surface area contributed by atoms with Crippen molar-refractivity contribution in [3.8, 4) is 0 Å². The van der Waals surface area contributed by atoms with Gasteiger partial charge in [0.2, 0.25) is 11.9 Å². The number of ether oxygens (including phenoxy) is 7. The van der Waals surface area contributed by atoms with Crippen LogP contribution in [0.3, 0.4) is 0 Å². The summed E-state index contributed by atoms with van der Waals surface area (Å²) in [7, 11) is 1.06. The molecule has 7 saturated heterocycles. The number of fused-ring (bicyclic) bond motifs is 4. The number of hydrogen-bond donors (Lipinski definition) is 9. The predicted molar refractivity (Wildman–Crippen MR) is 522 cm³/mol. The third-order valence-corrected chi connectivity index (χ3v) is 35.5. The molecule has 0 aromatic carbocycles. The molecule has 76 heteroatoms. The average molecular weight is 2330 g/mol. The first-order chi connectivity index (χ1) is 69.9. The predicted octanol–water partition coefficient (Wildman–Crippen LogP) is -2.85. The maximum Gasteiger partial charge on any atom is 0.351 e. The van der Waals surface area contributed by atoms with E-state index in [1.54, 1.807) is 11.5 Å². The Balaban J connectivity index is 0.560. The minimum absolute atomic E-state index is 0.00811. The van der Waals surface area contributed by atoms with Crippen molar-refractivity contribution in [2.75, 3.05) is 75.4 Å². The number of aromatic amines is 4. The monoisotopic (exact) mass is 2330 g/mol. The van der Waals surface area contributed by atoms with Crippen molar-refractivity contribution in [2.24, 2.45) is 0 Å². The third kappa shape index (κ3) is 24.8. The Labute approximate surface area is 865 Å². The van der Waals surface area contributed by atoms with Crippen LogP contribution in [0.1, 0.15) is 119 Å². The number of rotatable bonds is 41. The fourth-order valence-corrected chi connectivity index (χ4v) is 27.1. The lowest BCUT2D eigenvalue weighted by Crippen LogP contribution is -2.34. The van der Waals surface area contributed by atoms with Crippen LogP contribution in [-0.2, 0) is 184 Å². The second-order valence-corrected chi connectivity index (χ2v) is 53.3. The number of anilines is 5. The van der Waals surface area contributed by atoms with Crippen LogP contribution >= 0.6 is 47.1 Å². The second kappa shape index (κ2) is 44.0. The van der Waals surface area contributed by atoms with Crippen LogP contribution in [0.2, 0.25) is 0 Å². The van der Waals surface area contributed by atoms with E-state index >= 15 is 4.89 Å². The van der Waals surface area contributed by atoms with Gasteiger partial charge in [-0.2, -0.15) is 15.0 Å². The number of nitrogens with one attached hydrogen (secondary N) is 4. The standard InChI is InChI=1S/C72H94N27O35P7S7/c1-6-32-33(7-49(121-32)96-25-82-53-58(74)78-23-80-60(53)96)129-136(108,143)115-21-44-38(12-51(126-44)98-27-84-55-62(98)87-68(76)89-66(55)102)133-141(113,148)119-20-43-36(9-47(124-43)94-15-30(3)64(100)91-71(94)105)131-138(110,145)117-19-42-37(10-48(123-42)95-16-31(4)65(101)92-72(95)106)132-139(111,146)120-22-45-39(13-52(127-45)99-28-85-56-63(99)88-69(77)90-67(56)103)134-140(112,147)118-18-41-35(8-46(122-41)93-14-29(2)57(73)86-70(93)104)130-137(109,144)116-17-40-34(128-135(107,142)114-5)11-50(125-40)97-26-83-54-59(75)79-24-81-61(54)97/h14-16,23-28,32-52H,6-13,17-22H2,1-5H3,(H,107,142)(H,108,143)(H,109,144)(H,110,145)(H,111,146)(H,112,147)(H,113,148)(H2,73,86,104)(H2,74,78,80)(H2,75,79,81)(H,91,100,105)(H,92,101,106)(H3,76,87,89,102)(H3,77,88,90,103)/p-7/t32-,33-,34-,35-,36-,37-,38-,39-,40-,41-,42-,43-,44-,45-,46-,47-,48-,49-,50-,51-,52-,135?,136?,137?,138?,139?,140?,141?/m1/s1. The van der Waals surface area contributed by atoms with E-state index in [-0.39, 0.29) is 99.7 Å². The normalized spacial score (nSPS) is 29.3. The Bertz CT molecular complexity index is 7740. The Morgan fingerprint density at radius 3 is 0.980 bits per heavy atom. The van der Waals surface area contributed by atoms with E-state index in [1.165, 1.54) is 72.3 Å². The van der Waals surface area contributed by atoms with Crippen LogP contribution in [-0.4, -0.2) is 239 Å². The number of nitrogen functional groups attached to an aromatic ring is 5. The lowest BCUT2D eigenvalue weighted by atomic mass is 10.1. The fourth-order valence-electron chi connectivity index (χ4n) is 17.4. The van der Waals surface area contributed by atoms with Crippen LogP contribution < -0.4 is 97.3 Å². The Morgan fingerprint density at radius 2 is 0.642 bits per heavy atom. The lowest BCUT2D eigenvalue weighted by molar-refractivity contribution is -0.221. The van der Waals surface area contributed by atoms with Crippen LogP contribution in [0.5, 0.6) is 0 Å². The highest BCUT2D eigenvalue weighted by atomic mass is 32.7. The van der Waals surface area contributed by atoms with Crippen molar-refractivity contribution in [2.45, 2.75) is 208 Å². The molecule has 28 atom stereocenters. The maximum absolute atomic E-state index is 15.0. The first kappa shape index (κ1) is 110. The van der Waals surface area contributed by atoms with Gasteiger partial charge in [-0.3, -0.25) is 75.6 Å². The summed E-state index contributed by atoms with van der Waals surface area (Å²) in [5, 5.41) is 0. The quantitative estimate of drug-likeness (QED) is 0.0138. The maximum atomic E-state index is 15.0. The van der Waals surface area contributed by atoms with Gasteiger partial charge < -0.3 is 167 Å². The molecule has 0 radical (unpaired) electrons. The van der Waals surface area contributed by atoms with Gasteiger partial charge in [-0.15, -0.1) is 0 Å². The molecule has 0 bridgehead atoms. The van der Waals surface area contributed by atoms with E-state index in [0.717, 1.165) is 39.5 Å². The molecule has 62 nitrogen and oxygen atoms in total. The molecular formula is C72H87N27O35P7S7-7.